The van der Waals surface area contributed by atoms with E-state index in [4.69, 9.17) is 5.11 Å². The number of halogens is 1. The number of rotatable bonds is 6. The number of benzene rings is 1. The van der Waals surface area contributed by atoms with Gasteiger partial charge in [-0.25, -0.2) is 13.1 Å². The van der Waals surface area contributed by atoms with Gasteiger partial charge < -0.3 is 5.11 Å². The van der Waals surface area contributed by atoms with Gasteiger partial charge in [-0.1, -0.05) is 13.0 Å². The Bertz CT molecular complexity index is 592. The summed E-state index contributed by atoms with van der Waals surface area (Å²) in [6.07, 6.45) is 2.85. The van der Waals surface area contributed by atoms with E-state index in [-0.39, 0.29) is 17.5 Å². The molecule has 2 rings (SSSR count). The third-order valence-corrected chi connectivity index (χ3v) is 7.31. The van der Waals surface area contributed by atoms with Gasteiger partial charge in [0.05, 0.1) is 11.5 Å². The molecule has 1 aromatic carbocycles. The maximum Gasteiger partial charge on any atom is 0.241 e. The summed E-state index contributed by atoms with van der Waals surface area (Å²) < 4.78 is 28.2. The fourth-order valence-electron chi connectivity index (χ4n) is 2.58. The van der Waals surface area contributed by atoms with Crippen LogP contribution in [-0.4, -0.2) is 30.6 Å². The Balaban J connectivity index is 2.09. The lowest BCUT2D eigenvalue weighted by molar-refractivity contribution is 0.281. The molecule has 1 aromatic rings. The summed E-state index contributed by atoms with van der Waals surface area (Å²) in [4.78, 5) is 0.228. The van der Waals surface area contributed by atoms with Gasteiger partial charge in [0, 0.05) is 15.8 Å². The van der Waals surface area contributed by atoms with Crippen molar-refractivity contribution in [2.75, 3.05) is 5.75 Å². The number of thioether (sulfide) groups is 1. The van der Waals surface area contributed by atoms with Crippen molar-refractivity contribution in [3.05, 3.63) is 28.2 Å². The molecule has 2 N–H and O–H groups in total. The van der Waals surface area contributed by atoms with E-state index in [1.165, 1.54) is 6.07 Å². The first-order valence-electron chi connectivity index (χ1n) is 6.99. The van der Waals surface area contributed by atoms with Gasteiger partial charge in [-0.2, -0.15) is 11.8 Å². The Morgan fingerprint density at radius 1 is 1.43 bits per heavy atom. The topological polar surface area (TPSA) is 66.4 Å². The normalized spacial score (nSPS) is 22.6. The minimum Gasteiger partial charge on any atom is -0.392 e. The molecule has 1 fully saturated rings. The molecular weight excluding hydrogens is 374 g/mol. The van der Waals surface area contributed by atoms with Gasteiger partial charge in [0.2, 0.25) is 10.0 Å². The second-order valence-electron chi connectivity index (χ2n) is 5.13. The minimum atomic E-state index is -3.53. The lowest BCUT2D eigenvalue weighted by Crippen LogP contribution is -2.33. The summed E-state index contributed by atoms with van der Waals surface area (Å²) in [5.74, 6) is 1.07. The number of hydrogen-bond donors (Lipinski definition) is 2. The summed E-state index contributed by atoms with van der Waals surface area (Å²) in [6.45, 7) is 2.02. The van der Waals surface area contributed by atoms with Crippen LogP contribution in [-0.2, 0) is 16.6 Å². The SMILES string of the molecule is CCSC1CCC(NS(=O)(=O)c2ccc(CO)cc2Br)C1. The van der Waals surface area contributed by atoms with Gasteiger partial charge in [-0.15, -0.1) is 0 Å². The predicted octanol–water partition coefficient (Wildman–Crippen LogP) is 2.89. The van der Waals surface area contributed by atoms with Crippen molar-refractivity contribution in [3.8, 4) is 0 Å². The summed E-state index contributed by atoms with van der Waals surface area (Å²) in [5, 5.41) is 9.64. The van der Waals surface area contributed by atoms with Crippen molar-refractivity contribution in [1.29, 1.82) is 0 Å². The van der Waals surface area contributed by atoms with Gasteiger partial charge in [-0.3, -0.25) is 0 Å². The quantitative estimate of drug-likeness (QED) is 0.779. The molecule has 0 amide bonds. The Morgan fingerprint density at radius 2 is 2.19 bits per heavy atom. The smallest absolute Gasteiger partial charge is 0.241 e. The van der Waals surface area contributed by atoms with E-state index in [1.807, 2.05) is 11.8 Å². The van der Waals surface area contributed by atoms with Crippen LogP contribution < -0.4 is 4.72 Å². The zero-order valence-electron chi connectivity index (χ0n) is 11.9. The Morgan fingerprint density at radius 3 is 2.81 bits per heavy atom. The van der Waals surface area contributed by atoms with E-state index in [0.717, 1.165) is 25.0 Å². The average molecular weight is 394 g/mol. The van der Waals surface area contributed by atoms with E-state index in [9.17, 15) is 8.42 Å². The van der Waals surface area contributed by atoms with Crippen LogP contribution in [0.3, 0.4) is 0 Å². The van der Waals surface area contributed by atoms with Crippen LogP contribution in [0.1, 0.15) is 31.7 Å². The van der Waals surface area contributed by atoms with Crippen LogP contribution in [0.2, 0.25) is 0 Å². The van der Waals surface area contributed by atoms with Crippen LogP contribution in [0.15, 0.2) is 27.6 Å². The third-order valence-electron chi connectivity index (χ3n) is 3.58. The average Bonchev–Trinajstić information content (AvgIpc) is 2.85. The lowest BCUT2D eigenvalue weighted by Gasteiger charge is -2.15. The molecule has 118 valence electrons. The van der Waals surface area contributed by atoms with E-state index >= 15 is 0 Å². The van der Waals surface area contributed by atoms with Crippen molar-refractivity contribution in [3.63, 3.8) is 0 Å². The van der Waals surface area contributed by atoms with E-state index < -0.39 is 10.0 Å². The largest absolute Gasteiger partial charge is 0.392 e. The molecule has 0 heterocycles. The molecule has 0 spiro atoms. The van der Waals surface area contributed by atoms with Crippen LogP contribution in [0.4, 0.5) is 0 Å². The zero-order valence-corrected chi connectivity index (χ0v) is 15.1. The number of hydrogen-bond acceptors (Lipinski definition) is 4. The van der Waals surface area contributed by atoms with Gasteiger partial charge in [-0.05, 0) is 58.6 Å². The summed E-state index contributed by atoms with van der Waals surface area (Å²) in [7, 11) is -3.53. The van der Waals surface area contributed by atoms with Crippen LogP contribution in [0.5, 0.6) is 0 Å². The summed E-state index contributed by atoms with van der Waals surface area (Å²) >= 11 is 5.18. The van der Waals surface area contributed by atoms with Crippen LogP contribution in [0, 0.1) is 0 Å². The Kier molecular flexibility index (Phi) is 6.14. The fraction of sp³-hybridized carbons (Fsp3) is 0.571. The van der Waals surface area contributed by atoms with E-state index in [0.29, 0.717) is 15.3 Å². The molecule has 4 nitrogen and oxygen atoms in total. The lowest BCUT2D eigenvalue weighted by atomic mass is 10.2. The molecule has 0 radical (unpaired) electrons. The van der Waals surface area contributed by atoms with E-state index in [1.54, 1.807) is 12.1 Å². The fourth-order valence-corrected chi connectivity index (χ4v) is 6.13. The molecule has 1 aliphatic rings. The van der Waals surface area contributed by atoms with Crippen molar-refractivity contribution in [2.45, 2.75) is 49.0 Å². The maximum absolute atomic E-state index is 12.5. The first-order chi connectivity index (χ1) is 9.96. The molecule has 21 heavy (non-hydrogen) atoms. The zero-order chi connectivity index (χ0) is 15.5. The second-order valence-corrected chi connectivity index (χ2v) is 9.25. The molecule has 0 bridgehead atoms. The highest BCUT2D eigenvalue weighted by molar-refractivity contribution is 9.10. The molecule has 0 aromatic heterocycles. The summed E-state index contributed by atoms with van der Waals surface area (Å²) in [5.41, 5.74) is 0.682. The van der Waals surface area contributed by atoms with Gasteiger partial charge in [0.15, 0.2) is 0 Å². The second kappa shape index (κ2) is 7.46. The number of aliphatic hydroxyl groups excluding tert-OH is 1. The predicted molar refractivity (Wildman–Crippen MR) is 89.9 cm³/mol. The third kappa shape index (κ3) is 4.45. The molecule has 2 atom stereocenters. The standard InChI is InChI=1S/C14H20BrNO3S2/c1-2-20-12-5-4-11(8-12)16-21(18,19)14-6-3-10(9-17)7-13(14)15/h3,6-7,11-12,16-17H,2,4-5,8-9H2,1H3. The number of nitrogens with one attached hydrogen (secondary N) is 1. The monoisotopic (exact) mass is 393 g/mol. The Labute approximate surface area is 138 Å². The number of aliphatic hydroxyl groups is 1. The van der Waals surface area contributed by atoms with Gasteiger partial charge >= 0.3 is 0 Å². The maximum atomic E-state index is 12.5. The molecule has 0 saturated heterocycles. The Hall–Kier alpha value is -0.0800. The molecule has 0 aliphatic heterocycles. The van der Waals surface area contributed by atoms with Crippen LogP contribution >= 0.6 is 27.7 Å². The molecule has 2 unspecified atom stereocenters. The van der Waals surface area contributed by atoms with E-state index in [2.05, 4.69) is 27.6 Å². The van der Waals surface area contributed by atoms with Crippen LogP contribution in [0.25, 0.3) is 0 Å². The molecule has 7 heteroatoms. The highest BCUT2D eigenvalue weighted by Crippen LogP contribution is 2.31. The highest BCUT2D eigenvalue weighted by atomic mass is 79.9. The minimum absolute atomic E-state index is 0.0171. The van der Waals surface area contributed by atoms with Crippen molar-refractivity contribution >= 4 is 37.7 Å². The summed E-state index contributed by atoms with van der Waals surface area (Å²) in [6, 6.07) is 4.82. The van der Waals surface area contributed by atoms with Crippen molar-refractivity contribution in [1.82, 2.24) is 4.72 Å². The molecule has 1 aliphatic carbocycles. The molecular formula is C14H20BrNO3S2. The first-order valence-corrected chi connectivity index (χ1v) is 10.3. The highest BCUT2D eigenvalue weighted by Gasteiger charge is 2.29. The van der Waals surface area contributed by atoms with Gasteiger partial charge in [0.25, 0.3) is 0 Å². The first kappa shape index (κ1) is 17.3. The van der Waals surface area contributed by atoms with Crippen molar-refractivity contribution in [2.24, 2.45) is 0 Å². The van der Waals surface area contributed by atoms with Gasteiger partial charge in [0.1, 0.15) is 0 Å². The molecule has 1 saturated carbocycles. The van der Waals surface area contributed by atoms with Crippen molar-refractivity contribution < 1.29 is 13.5 Å². The number of sulfonamides is 1.